The fourth-order valence-corrected chi connectivity index (χ4v) is 4.67. The fourth-order valence-electron chi connectivity index (χ4n) is 4.67. The number of hydrogen-bond donors (Lipinski definition) is 7. The number of aliphatic hydroxyl groups excluding tert-OH is 1. The summed E-state index contributed by atoms with van der Waals surface area (Å²) in [4.78, 5) is 74.9. The number of nitrogens with one attached hydrogen (secondary N) is 5. The second-order valence-electron chi connectivity index (χ2n) is 12.4. The van der Waals surface area contributed by atoms with E-state index in [1.54, 1.807) is 55.4 Å². The van der Waals surface area contributed by atoms with Crippen molar-refractivity contribution in [2.75, 3.05) is 6.54 Å². The van der Waals surface area contributed by atoms with E-state index in [4.69, 9.17) is 5.11 Å². The van der Waals surface area contributed by atoms with Gasteiger partial charge in [-0.2, -0.15) is 8.78 Å². The van der Waals surface area contributed by atoms with E-state index in [1.807, 2.05) is 5.32 Å². The number of carboxylic acids is 1. The van der Waals surface area contributed by atoms with E-state index in [9.17, 15) is 33.9 Å². The minimum atomic E-state index is -4.40. The second-order valence-corrected chi connectivity index (χ2v) is 12.4. The molecule has 0 aliphatic heterocycles. The Morgan fingerprint density at radius 1 is 0.783 bits per heavy atom. The Bertz CT molecular complexity index is 1030. The number of aliphatic hydroxyl groups is 1. The maximum Gasteiger partial charge on any atom is 0.351 e. The molecule has 0 rings (SSSR count). The molecule has 5 amide bonds. The zero-order valence-corrected chi connectivity index (χ0v) is 28.4. The van der Waals surface area contributed by atoms with E-state index in [0.29, 0.717) is 12.8 Å². The van der Waals surface area contributed by atoms with Gasteiger partial charge in [0.15, 0.2) is 0 Å². The molecule has 7 N–H and O–H groups in total. The normalized spacial score (nSPS) is 15.6. The van der Waals surface area contributed by atoms with Crippen LogP contribution in [-0.2, 0) is 28.8 Å². The van der Waals surface area contributed by atoms with Crippen molar-refractivity contribution in [2.45, 2.75) is 137 Å². The number of hydrogen-bond acceptors (Lipinski definition) is 7. The van der Waals surface area contributed by atoms with Crippen LogP contribution in [0.15, 0.2) is 0 Å². The van der Waals surface area contributed by atoms with Crippen molar-refractivity contribution in [1.29, 1.82) is 0 Å². The quantitative estimate of drug-likeness (QED) is 0.0909. The second kappa shape index (κ2) is 20.7. The molecular formula is C31H55F2N5O8. The van der Waals surface area contributed by atoms with Crippen LogP contribution in [-0.4, -0.2) is 88.5 Å². The molecule has 13 nitrogen and oxygen atoms in total. The van der Waals surface area contributed by atoms with Crippen molar-refractivity contribution in [3.63, 3.8) is 0 Å². The standard InChI is InChI=1S/C31H55F2N5O8/c1-9-13-20(35-29(45)25(19(8)10-2)37-22(39)14-12-15-23(40)41)27(43)36-21(16-17(4)5)26(42)31(32,33)30(46)38-24(18(6)7)28(44)34-11-3/h17-21,24-26,42H,9-16H2,1-8H3,(H,34,44)(H,35,45)(H,36,43)(H,37,39)(H,38,46)(H,40,41)/t19?,20-,21-,24-,25-,26+/m0/s1. The molecule has 0 saturated carbocycles. The number of carbonyl (C=O) groups is 6. The summed E-state index contributed by atoms with van der Waals surface area (Å²) in [5.41, 5.74) is 0. The summed E-state index contributed by atoms with van der Waals surface area (Å²) in [6.45, 7) is 13.6. The van der Waals surface area contributed by atoms with Gasteiger partial charge < -0.3 is 36.8 Å². The molecule has 0 radical (unpaired) electrons. The Hall–Kier alpha value is -3.36. The summed E-state index contributed by atoms with van der Waals surface area (Å²) in [5, 5.41) is 31.7. The van der Waals surface area contributed by atoms with E-state index in [0.717, 1.165) is 0 Å². The van der Waals surface area contributed by atoms with Crippen LogP contribution in [0.4, 0.5) is 8.78 Å². The number of carboxylic acid groups (broad SMARTS) is 1. The van der Waals surface area contributed by atoms with Gasteiger partial charge in [0.25, 0.3) is 5.91 Å². The molecule has 0 aromatic carbocycles. The predicted molar refractivity (Wildman–Crippen MR) is 168 cm³/mol. The van der Waals surface area contributed by atoms with Gasteiger partial charge in [-0.1, -0.05) is 61.3 Å². The van der Waals surface area contributed by atoms with Crippen LogP contribution in [0.25, 0.3) is 0 Å². The monoisotopic (exact) mass is 663 g/mol. The van der Waals surface area contributed by atoms with E-state index < -0.39 is 77.6 Å². The lowest BCUT2D eigenvalue weighted by atomic mass is 9.93. The van der Waals surface area contributed by atoms with E-state index >= 15 is 8.78 Å². The van der Waals surface area contributed by atoms with Crippen molar-refractivity contribution >= 4 is 35.5 Å². The first-order chi connectivity index (χ1) is 21.3. The maximum absolute atomic E-state index is 15.4. The van der Waals surface area contributed by atoms with Crippen LogP contribution in [0.1, 0.15) is 100 Å². The molecule has 0 bridgehead atoms. The Morgan fingerprint density at radius 3 is 1.87 bits per heavy atom. The summed E-state index contributed by atoms with van der Waals surface area (Å²) in [6, 6.07) is -5.17. The summed E-state index contributed by atoms with van der Waals surface area (Å²) in [6.07, 6.45) is -2.10. The summed E-state index contributed by atoms with van der Waals surface area (Å²) >= 11 is 0. The van der Waals surface area contributed by atoms with E-state index in [1.165, 1.54) is 0 Å². The van der Waals surface area contributed by atoms with Gasteiger partial charge in [0, 0.05) is 19.4 Å². The van der Waals surface area contributed by atoms with Crippen LogP contribution < -0.4 is 26.6 Å². The lowest BCUT2D eigenvalue weighted by molar-refractivity contribution is -0.170. The van der Waals surface area contributed by atoms with Crippen LogP contribution in [0.2, 0.25) is 0 Å². The van der Waals surface area contributed by atoms with Gasteiger partial charge in [-0.05, 0) is 43.9 Å². The number of halogens is 2. The maximum atomic E-state index is 15.4. The average molecular weight is 664 g/mol. The molecule has 0 aliphatic carbocycles. The number of aliphatic carboxylic acids is 1. The molecule has 0 heterocycles. The highest BCUT2D eigenvalue weighted by molar-refractivity contribution is 5.93. The molecule has 6 atom stereocenters. The third-order valence-corrected chi connectivity index (χ3v) is 7.51. The van der Waals surface area contributed by atoms with Gasteiger partial charge in [-0.25, -0.2) is 0 Å². The summed E-state index contributed by atoms with van der Waals surface area (Å²) in [7, 11) is 0. The van der Waals surface area contributed by atoms with Crippen molar-refractivity contribution in [2.24, 2.45) is 17.8 Å². The first-order valence-electron chi connectivity index (χ1n) is 16.1. The van der Waals surface area contributed by atoms with Gasteiger partial charge in [-0.15, -0.1) is 0 Å². The third-order valence-electron chi connectivity index (χ3n) is 7.51. The van der Waals surface area contributed by atoms with Gasteiger partial charge in [0.2, 0.25) is 23.6 Å². The molecule has 15 heteroatoms. The van der Waals surface area contributed by atoms with Crippen molar-refractivity contribution < 1.29 is 47.8 Å². The highest BCUT2D eigenvalue weighted by Crippen LogP contribution is 2.26. The molecule has 0 spiro atoms. The first kappa shape index (κ1) is 42.6. The molecule has 0 aromatic rings. The van der Waals surface area contributed by atoms with Crippen LogP contribution >= 0.6 is 0 Å². The molecule has 46 heavy (non-hydrogen) atoms. The Balaban J connectivity index is 5.97. The van der Waals surface area contributed by atoms with Gasteiger partial charge in [0.05, 0.1) is 6.04 Å². The Labute approximate surface area is 270 Å². The van der Waals surface area contributed by atoms with Crippen LogP contribution in [0.5, 0.6) is 0 Å². The fraction of sp³-hybridized carbons (Fsp3) is 0.806. The summed E-state index contributed by atoms with van der Waals surface area (Å²) < 4.78 is 30.8. The van der Waals surface area contributed by atoms with E-state index in [-0.39, 0.29) is 50.5 Å². The molecule has 266 valence electrons. The summed E-state index contributed by atoms with van der Waals surface area (Å²) in [5.74, 6) is -11.3. The van der Waals surface area contributed by atoms with Crippen molar-refractivity contribution in [1.82, 2.24) is 26.6 Å². The number of alkyl halides is 2. The zero-order valence-electron chi connectivity index (χ0n) is 28.4. The van der Waals surface area contributed by atoms with Gasteiger partial charge in [0.1, 0.15) is 24.2 Å². The lowest BCUT2D eigenvalue weighted by Crippen LogP contribution is -2.62. The minimum absolute atomic E-state index is 0.0726. The number of amides is 5. The first-order valence-corrected chi connectivity index (χ1v) is 16.1. The Morgan fingerprint density at radius 2 is 1.39 bits per heavy atom. The molecule has 1 unspecified atom stereocenters. The van der Waals surface area contributed by atoms with E-state index in [2.05, 4.69) is 21.3 Å². The molecule has 0 saturated heterocycles. The number of carbonyl (C=O) groups excluding carboxylic acids is 5. The largest absolute Gasteiger partial charge is 0.481 e. The third kappa shape index (κ3) is 14.4. The molecule has 0 aliphatic rings. The SMILES string of the molecule is CCC[C@H](NC(=O)[C@@H](NC(=O)CCCC(=O)O)C(C)CC)C(=O)N[C@@H](CC(C)C)[C@@H](O)C(F)(F)C(=O)N[C@H](C(=O)NCC)C(C)C. The zero-order chi connectivity index (χ0) is 35.8. The smallest absolute Gasteiger partial charge is 0.351 e. The van der Waals surface area contributed by atoms with Crippen LogP contribution in [0.3, 0.4) is 0 Å². The highest BCUT2D eigenvalue weighted by Gasteiger charge is 2.51. The number of rotatable bonds is 22. The minimum Gasteiger partial charge on any atom is -0.481 e. The Kier molecular flexibility index (Phi) is 19.2. The molecule has 0 fully saturated rings. The van der Waals surface area contributed by atoms with Crippen molar-refractivity contribution in [3.8, 4) is 0 Å². The average Bonchev–Trinajstić information content (AvgIpc) is 2.96. The molecule has 0 aromatic heterocycles. The topological polar surface area (TPSA) is 203 Å². The van der Waals surface area contributed by atoms with Gasteiger partial charge in [-0.3, -0.25) is 28.8 Å². The highest BCUT2D eigenvalue weighted by atomic mass is 19.3. The molecular weight excluding hydrogens is 608 g/mol. The number of likely N-dealkylation sites (N-methyl/N-ethyl adjacent to an activating group) is 1. The predicted octanol–water partition coefficient (Wildman–Crippen LogP) is 1.86. The van der Waals surface area contributed by atoms with Crippen LogP contribution in [0, 0.1) is 17.8 Å². The lowest BCUT2D eigenvalue weighted by Gasteiger charge is -2.33. The van der Waals surface area contributed by atoms with Crippen molar-refractivity contribution in [3.05, 3.63) is 0 Å². The van der Waals surface area contributed by atoms with Gasteiger partial charge >= 0.3 is 11.9 Å².